The number of carbonyl (C=O) groups excluding carboxylic acids is 3. The molecule has 0 aromatic heterocycles. The molecule has 2 aliphatic carbocycles. The summed E-state index contributed by atoms with van der Waals surface area (Å²) in [4.78, 5) is 38.6. The van der Waals surface area contributed by atoms with Crippen molar-refractivity contribution in [1.29, 1.82) is 0 Å². The Kier molecular flexibility index (Phi) is 4.33. The van der Waals surface area contributed by atoms with Gasteiger partial charge in [0.05, 0.1) is 11.8 Å². The van der Waals surface area contributed by atoms with Gasteiger partial charge in [-0.25, -0.2) is 0 Å². The van der Waals surface area contributed by atoms with Crippen LogP contribution < -0.4 is 14.8 Å². The molecule has 0 bridgehead atoms. The molecule has 7 heteroatoms. The zero-order valence-corrected chi connectivity index (χ0v) is 16.2. The van der Waals surface area contributed by atoms with Crippen LogP contribution in [0.25, 0.3) is 0 Å². The summed E-state index contributed by atoms with van der Waals surface area (Å²) in [5.74, 6) is -0.245. The largest absolute Gasteiger partial charge is 0.448 e. The second-order valence-electron chi connectivity index (χ2n) is 8.27. The van der Waals surface area contributed by atoms with Crippen LogP contribution >= 0.6 is 0 Å². The fourth-order valence-electron chi connectivity index (χ4n) is 4.82. The molecule has 2 atom stereocenters. The predicted octanol–water partition coefficient (Wildman–Crippen LogP) is 3.01. The summed E-state index contributed by atoms with van der Waals surface area (Å²) >= 11 is 0. The summed E-state index contributed by atoms with van der Waals surface area (Å²) in [5.41, 5.74) is 0.615. The number of anilines is 1. The summed E-state index contributed by atoms with van der Waals surface area (Å²) in [6.45, 7) is 0.115. The number of amides is 3. The first-order valence-corrected chi connectivity index (χ1v) is 10.4. The molecular formula is C22H24N2O5. The van der Waals surface area contributed by atoms with Crippen LogP contribution in [0.5, 0.6) is 11.5 Å². The first kappa shape index (κ1) is 18.2. The topological polar surface area (TPSA) is 84.9 Å². The van der Waals surface area contributed by atoms with Crippen molar-refractivity contribution in [2.45, 2.75) is 50.7 Å². The molecule has 152 valence electrons. The van der Waals surface area contributed by atoms with E-state index in [1.165, 1.54) is 4.90 Å². The SMILES string of the molecule is O=C(CCN1C(=O)[C@H]2CC=CC[C@@H]2C1=O)Nc1ccc2c(c1)OC1(CCCC1)O2. The summed E-state index contributed by atoms with van der Waals surface area (Å²) in [5, 5.41) is 2.83. The fourth-order valence-corrected chi connectivity index (χ4v) is 4.82. The van der Waals surface area contributed by atoms with E-state index in [1.807, 2.05) is 18.2 Å². The van der Waals surface area contributed by atoms with E-state index < -0.39 is 5.79 Å². The monoisotopic (exact) mass is 396 g/mol. The quantitative estimate of drug-likeness (QED) is 0.625. The Hall–Kier alpha value is -2.83. The van der Waals surface area contributed by atoms with Gasteiger partial charge >= 0.3 is 0 Å². The number of benzene rings is 1. The molecule has 1 aromatic carbocycles. The molecular weight excluding hydrogens is 372 g/mol. The lowest BCUT2D eigenvalue weighted by Gasteiger charge is -2.21. The Bertz CT molecular complexity index is 876. The van der Waals surface area contributed by atoms with Crippen molar-refractivity contribution in [2.24, 2.45) is 11.8 Å². The Morgan fingerprint density at radius 3 is 2.38 bits per heavy atom. The molecule has 1 saturated carbocycles. The van der Waals surface area contributed by atoms with Gasteiger partial charge in [0.2, 0.25) is 17.7 Å². The van der Waals surface area contributed by atoms with Crippen molar-refractivity contribution in [1.82, 2.24) is 4.90 Å². The van der Waals surface area contributed by atoms with Gasteiger partial charge in [-0.2, -0.15) is 0 Å². The van der Waals surface area contributed by atoms with Gasteiger partial charge in [0.15, 0.2) is 11.5 Å². The second kappa shape index (κ2) is 6.90. The van der Waals surface area contributed by atoms with Crippen molar-refractivity contribution >= 4 is 23.4 Å². The van der Waals surface area contributed by atoms with Crippen LogP contribution in [0.1, 0.15) is 44.9 Å². The number of likely N-dealkylation sites (tertiary alicyclic amines) is 1. The Labute approximate surface area is 169 Å². The Morgan fingerprint density at radius 1 is 1.03 bits per heavy atom. The first-order valence-electron chi connectivity index (χ1n) is 10.4. The van der Waals surface area contributed by atoms with E-state index in [-0.39, 0.29) is 42.5 Å². The Balaban J connectivity index is 1.18. The smallest absolute Gasteiger partial charge is 0.251 e. The lowest BCUT2D eigenvalue weighted by Crippen LogP contribution is -2.34. The first-order chi connectivity index (χ1) is 14.0. The fraction of sp³-hybridized carbons (Fsp3) is 0.500. The van der Waals surface area contributed by atoms with E-state index in [4.69, 9.17) is 9.47 Å². The molecule has 7 nitrogen and oxygen atoms in total. The van der Waals surface area contributed by atoms with Crippen molar-refractivity contribution in [2.75, 3.05) is 11.9 Å². The van der Waals surface area contributed by atoms with Gasteiger partial charge in [-0.05, 0) is 37.8 Å². The van der Waals surface area contributed by atoms with E-state index in [0.717, 1.165) is 25.7 Å². The number of allylic oxidation sites excluding steroid dienone is 2. The molecule has 1 saturated heterocycles. The number of hydrogen-bond donors (Lipinski definition) is 1. The van der Waals surface area contributed by atoms with Gasteiger partial charge < -0.3 is 14.8 Å². The Morgan fingerprint density at radius 2 is 1.69 bits per heavy atom. The number of ether oxygens (including phenoxy) is 2. The number of carbonyl (C=O) groups is 3. The van der Waals surface area contributed by atoms with E-state index in [0.29, 0.717) is 30.0 Å². The van der Waals surface area contributed by atoms with E-state index in [1.54, 1.807) is 12.1 Å². The summed E-state index contributed by atoms with van der Waals surface area (Å²) in [6, 6.07) is 5.36. The molecule has 29 heavy (non-hydrogen) atoms. The zero-order valence-electron chi connectivity index (χ0n) is 16.2. The van der Waals surface area contributed by atoms with Gasteiger partial charge in [-0.3, -0.25) is 19.3 Å². The zero-order chi connectivity index (χ0) is 20.0. The van der Waals surface area contributed by atoms with Gasteiger partial charge in [0.1, 0.15) is 0 Å². The number of imide groups is 1. The molecule has 1 N–H and O–H groups in total. The van der Waals surface area contributed by atoms with E-state index in [9.17, 15) is 14.4 Å². The molecule has 0 radical (unpaired) electrons. The number of fused-ring (bicyclic) bond motifs is 2. The normalized spacial score (nSPS) is 26.3. The van der Waals surface area contributed by atoms with Gasteiger partial charge in [0, 0.05) is 37.6 Å². The van der Waals surface area contributed by atoms with Crippen LogP contribution in [0.3, 0.4) is 0 Å². The molecule has 1 spiro atoms. The lowest BCUT2D eigenvalue weighted by atomic mass is 9.85. The molecule has 1 aromatic rings. The molecule has 2 heterocycles. The predicted molar refractivity (Wildman–Crippen MR) is 104 cm³/mol. The number of hydrogen-bond acceptors (Lipinski definition) is 5. The summed E-state index contributed by atoms with van der Waals surface area (Å²) in [7, 11) is 0. The minimum absolute atomic E-state index is 0.0722. The van der Waals surface area contributed by atoms with Gasteiger partial charge in [-0.15, -0.1) is 0 Å². The highest BCUT2D eigenvalue weighted by Gasteiger charge is 2.47. The molecule has 5 rings (SSSR count). The van der Waals surface area contributed by atoms with E-state index in [2.05, 4.69) is 5.32 Å². The third-order valence-electron chi connectivity index (χ3n) is 6.35. The van der Waals surface area contributed by atoms with Crippen LogP contribution in [0.15, 0.2) is 30.4 Å². The maximum atomic E-state index is 12.5. The lowest BCUT2D eigenvalue weighted by molar-refractivity contribution is -0.140. The number of nitrogens with zero attached hydrogens (tertiary/aromatic N) is 1. The van der Waals surface area contributed by atoms with Crippen molar-refractivity contribution < 1.29 is 23.9 Å². The highest BCUT2D eigenvalue weighted by molar-refractivity contribution is 6.05. The van der Waals surface area contributed by atoms with Crippen LogP contribution in [-0.2, 0) is 14.4 Å². The number of rotatable bonds is 4. The molecule has 2 aliphatic heterocycles. The van der Waals surface area contributed by atoms with Crippen LogP contribution in [-0.4, -0.2) is 35.0 Å². The highest BCUT2D eigenvalue weighted by atomic mass is 16.7. The van der Waals surface area contributed by atoms with Crippen molar-refractivity contribution in [3.8, 4) is 11.5 Å². The minimum Gasteiger partial charge on any atom is -0.448 e. The van der Waals surface area contributed by atoms with Crippen LogP contribution in [0, 0.1) is 11.8 Å². The van der Waals surface area contributed by atoms with Crippen molar-refractivity contribution in [3.05, 3.63) is 30.4 Å². The second-order valence-corrected chi connectivity index (χ2v) is 8.27. The third-order valence-corrected chi connectivity index (χ3v) is 6.35. The average Bonchev–Trinajstić information content (AvgIpc) is 3.38. The summed E-state index contributed by atoms with van der Waals surface area (Å²) in [6.07, 6.45) is 9.12. The van der Waals surface area contributed by atoms with Crippen LogP contribution in [0.4, 0.5) is 5.69 Å². The van der Waals surface area contributed by atoms with Crippen LogP contribution in [0.2, 0.25) is 0 Å². The molecule has 3 amide bonds. The van der Waals surface area contributed by atoms with Gasteiger partial charge in [-0.1, -0.05) is 12.2 Å². The molecule has 2 fully saturated rings. The highest BCUT2D eigenvalue weighted by Crippen LogP contribution is 2.47. The van der Waals surface area contributed by atoms with Gasteiger partial charge in [0.25, 0.3) is 5.79 Å². The maximum absolute atomic E-state index is 12.5. The molecule has 0 unspecified atom stereocenters. The minimum atomic E-state index is -0.535. The summed E-state index contributed by atoms with van der Waals surface area (Å²) < 4.78 is 12.0. The van der Waals surface area contributed by atoms with E-state index >= 15 is 0 Å². The maximum Gasteiger partial charge on any atom is 0.251 e. The number of nitrogens with one attached hydrogen (secondary N) is 1. The standard InChI is InChI=1S/C22H24N2O5/c25-19(9-12-24-20(26)15-5-1-2-6-16(15)21(24)27)23-14-7-8-17-18(13-14)29-22(28-17)10-3-4-11-22/h1-2,7-8,13,15-16H,3-6,9-12H2,(H,23,25)/t15-,16-/m0/s1. The average molecular weight is 396 g/mol. The van der Waals surface area contributed by atoms with Crippen molar-refractivity contribution in [3.63, 3.8) is 0 Å². The molecule has 4 aliphatic rings. The third kappa shape index (κ3) is 3.18.